The molecule has 1 aliphatic rings. The van der Waals surface area contributed by atoms with E-state index in [1.54, 1.807) is 18.6 Å². The molecule has 0 bridgehead atoms. The molecule has 3 heterocycles. The normalized spacial score (nSPS) is 25.4. The molecule has 12 heteroatoms. The molecular weight excluding hydrogens is 393 g/mol. The van der Waals surface area contributed by atoms with Crippen LogP contribution in [0.15, 0.2) is 36.0 Å². The van der Waals surface area contributed by atoms with E-state index < -0.39 is 36.1 Å². The molecule has 1 fully saturated rings. The monoisotopic (exact) mass is 412 g/mol. The van der Waals surface area contributed by atoms with Gasteiger partial charge in [0.15, 0.2) is 11.5 Å². The van der Waals surface area contributed by atoms with Crippen molar-refractivity contribution in [1.29, 1.82) is 0 Å². The van der Waals surface area contributed by atoms with E-state index in [9.17, 15) is 23.4 Å². The molecule has 2 unspecified atom stereocenters. The van der Waals surface area contributed by atoms with E-state index in [-0.39, 0.29) is 19.0 Å². The number of nitrogens with one attached hydrogen (secondary N) is 1. The molecule has 0 aromatic carbocycles. The number of rotatable bonds is 6. The van der Waals surface area contributed by atoms with Crippen molar-refractivity contribution in [3.8, 4) is 0 Å². The molecule has 0 spiro atoms. The first-order chi connectivity index (χ1) is 13.8. The first-order valence-corrected chi connectivity index (χ1v) is 8.71. The molecule has 0 saturated carbocycles. The molecule has 9 nitrogen and oxygen atoms in total. The number of aliphatic imine (C=N–C) groups is 1. The van der Waals surface area contributed by atoms with Crippen LogP contribution >= 0.6 is 0 Å². The summed E-state index contributed by atoms with van der Waals surface area (Å²) in [7, 11) is 0. The van der Waals surface area contributed by atoms with E-state index in [0.717, 1.165) is 6.20 Å². The van der Waals surface area contributed by atoms with E-state index in [2.05, 4.69) is 30.2 Å². The number of nitrogens with zero attached hydrogens (tertiary/aromatic N) is 5. The minimum atomic E-state index is -4.63. The highest BCUT2D eigenvalue weighted by molar-refractivity contribution is 5.65. The molecule has 3 N–H and O–H groups in total. The Morgan fingerprint density at radius 3 is 2.72 bits per heavy atom. The molecule has 3 rings (SSSR count). The van der Waals surface area contributed by atoms with Gasteiger partial charge < -0.3 is 20.3 Å². The minimum absolute atomic E-state index is 0.0333. The molecule has 0 aliphatic carbocycles. The van der Waals surface area contributed by atoms with E-state index >= 15 is 0 Å². The fourth-order valence-electron chi connectivity index (χ4n) is 2.71. The maximum atomic E-state index is 12.7. The zero-order chi connectivity index (χ0) is 20.9. The summed E-state index contributed by atoms with van der Waals surface area (Å²) in [5, 5.41) is 23.6. The van der Waals surface area contributed by atoms with Crippen molar-refractivity contribution in [2.75, 3.05) is 13.2 Å². The van der Waals surface area contributed by atoms with Gasteiger partial charge in [-0.25, -0.2) is 9.98 Å². The third kappa shape index (κ3) is 5.73. The van der Waals surface area contributed by atoms with Crippen LogP contribution in [0.2, 0.25) is 0 Å². The van der Waals surface area contributed by atoms with Crippen molar-refractivity contribution in [3.63, 3.8) is 0 Å². The van der Waals surface area contributed by atoms with Gasteiger partial charge in [0.25, 0.3) is 0 Å². The summed E-state index contributed by atoms with van der Waals surface area (Å²) in [6, 6.07) is 0. The van der Waals surface area contributed by atoms with E-state index in [1.807, 2.05) is 0 Å². The Labute approximate surface area is 163 Å². The second kappa shape index (κ2) is 9.31. The number of aliphatic hydroxyl groups excluding tert-OH is 2. The van der Waals surface area contributed by atoms with Gasteiger partial charge >= 0.3 is 6.18 Å². The Kier molecular flexibility index (Phi) is 6.79. The van der Waals surface area contributed by atoms with Gasteiger partial charge in [-0.05, 0) is 0 Å². The number of hydrogen-bond acceptors (Lipinski definition) is 9. The summed E-state index contributed by atoms with van der Waals surface area (Å²) in [6.45, 7) is 0.707. The average Bonchev–Trinajstić information content (AvgIpc) is 2.71. The van der Waals surface area contributed by atoms with Crippen LogP contribution in [0.1, 0.15) is 11.4 Å². The smallest absolute Gasteiger partial charge is 0.390 e. The standard InChI is InChI=1S/C17H19F3N6O3/c18-17(19,20)13-7-23-8-14(26-13)25-3-10-9-29-12(16(28)15(10)27)6-22-5-11-4-21-1-2-24-11/h1-4,7-8,10,12,15-16,22,27-28H,5-6,9H2/t10?,12-,15-,16?/m1/s1. The Morgan fingerprint density at radius 1 is 1.17 bits per heavy atom. The van der Waals surface area contributed by atoms with Crippen molar-refractivity contribution >= 4 is 12.0 Å². The summed E-state index contributed by atoms with van der Waals surface area (Å²) in [5.41, 5.74) is -0.451. The third-order valence-corrected chi connectivity index (χ3v) is 4.25. The van der Waals surface area contributed by atoms with Crippen molar-refractivity contribution in [3.05, 3.63) is 42.4 Å². The van der Waals surface area contributed by atoms with Crippen molar-refractivity contribution in [1.82, 2.24) is 25.3 Å². The first kappa shape index (κ1) is 21.2. The molecule has 2 aromatic heterocycles. The van der Waals surface area contributed by atoms with Crippen molar-refractivity contribution < 1.29 is 28.1 Å². The molecule has 0 radical (unpaired) electrons. The highest BCUT2D eigenvalue weighted by Gasteiger charge is 2.37. The minimum Gasteiger partial charge on any atom is -0.390 e. The summed E-state index contributed by atoms with van der Waals surface area (Å²) in [4.78, 5) is 18.7. The lowest BCUT2D eigenvalue weighted by Crippen LogP contribution is -2.53. The van der Waals surface area contributed by atoms with Crippen molar-refractivity contribution in [2.45, 2.75) is 31.0 Å². The van der Waals surface area contributed by atoms with Gasteiger partial charge in [0.05, 0.1) is 36.9 Å². The molecule has 29 heavy (non-hydrogen) atoms. The molecule has 156 valence electrons. The predicted octanol–water partition coefficient (Wildman–Crippen LogP) is 0.514. The third-order valence-electron chi connectivity index (χ3n) is 4.25. The fraction of sp³-hybridized carbons (Fsp3) is 0.471. The van der Waals surface area contributed by atoms with Crippen LogP contribution in [-0.2, 0) is 17.5 Å². The topological polar surface area (TPSA) is 126 Å². The Bertz CT molecular complexity index is 824. The lowest BCUT2D eigenvalue weighted by atomic mass is 9.93. The zero-order valence-electron chi connectivity index (χ0n) is 15.1. The van der Waals surface area contributed by atoms with Crippen molar-refractivity contribution in [2.24, 2.45) is 10.9 Å². The van der Waals surface area contributed by atoms with Crippen LogP contribution in [0.3, 0.4) is 0 Å². The van der Waals surface area contributed by atoms with Crippen LogP contribution in [0.5, 0.6) is 0 Å². The molecule has 1 aliphatic heterocycles. The molecule has 1 saturated heterocycles. The summed E-state index contributed by atoms with van der Waals surface area (Å²) in [5.74, 6) is -0.966. The van der Waals surface area contributed by atoms with Gasteiger partial charge in [0.2, 0.25) is 0 Å². The molecule has 4 atom stereocenters. The number of alkyl halides is 3. The average molecular weight is 412 g/mol. The Morgan fingerprint density at radius 2 is 2.00 bits per heavy atom. The molecule has 0 amide bonds. The maximum absolute atomic E-state index is 12.7. The van der Waals surface area contributed by atoms with E-state index in [4.69, 9.17) is 4.74 Å². The summed E-state index contributed by atoms with van der Waals surface area (Å²) >= 11 is 0. The zero-order valence-corrected chi connectivity index (χ0v) is 15.1. The predicted molar refractivity (Wildman–Crippen MR) is 94.2 cm³/mol. The van der Waals surface area contributed by atoms with Gasteiger partial charge in [-0.3, -0.25) is 15.0 Å². The number of hydrogen-bond donors (Lipinski definition) is 3. The lowest BCUT2D eigenvalue weighted by Gasteiger charge is -2.36. The summed E-state index contributed by atoms with van der Waals surface area (Å²) in [6.07, 6.45) is -0.113. The Hall–Kier alpha value is -2.54. The lowest BCUT2D eigenvalue weighted by molar-refractivity contribution is -0.147. The molecular formula is C17H19F3N6O3. The Balaban J connectivity index is 1.54. The van der Waals surface area contributed by atoms with Crippen LogP contribution in [0.25, 0.3) is 0 Å². The quantitative estimate of drug-likeness (QED) is 0.586. The fourth-order valence-corrected chi connectivity index (χ4v) is 2.71. The number of ether oxygens (including phenoxy) is 1. The van der Waals surface area contributed by atoms with Gasteiger partial charge in [-0.1, -0.05) is 0 Å². The second-order valence-electron chi connectivity index (χ2n) is 6.38. The number of aliphatic hydroxyl groups is 2. The number of aromatic nitrogens is 4. The van der Waals surface area contributed by atoms with E-state index in [0.29, 0.717) is 18.4 Å². The van der Waals surface area contributed by atoms with Gasteiger partial charge in [-0.15, -0.1) is 0 Å². The van der Waals surface area contributed by atoms with Gasteiger partial charge in [0.1, 0.15) is 6.10 Å². The second-order valence-corrected chi connectivity index (χ2v) is 6.38. The van der Waals surface area contributed by atoms with Crippen LogP contribution in [0.4, 0.5) is 19.0 Å². The van der Waals surface area contributed by atoms with E-state index in [1.165, 1.54) is 6.21 Å². The highest BCUT2D eigenvalue weighted by atomic mass is 19.4. The largest absolute Gasteiger partial charge is 0.434 e. The number of halogens is 3. The summed E-state index contributed by atoms with van der Waals surface area (Å²) < 4.78 is 43.6. The van der Waals surface area contributed by atoms with Crippen LogP contribution < -0.4 is 5.32 Å². The van der Waals surface area contributed by atoms with Crippen LogP contribution in [0, 0.1) is 5.92 Å². The first-order valence-electron chi connectivity index (χ1n) is 8.71. The SMILES string of the molecule is OC1[C@H](O)C(C=Nc2cncc(C(F)(F)F)n2)CO[C@@H]1CNCc1cnccn1. The van der Waals surface area contributed by atoms with Crippen LogP contribution in [-0.4, -0.2) is 67.8 Å². The van der Waals surface area contributed by atoms with Gasteiger partial charge in [-0.2, -0.15) is 13.2 Å². The highest BCUT2D eigenvalue weighted by Crippen LogP contribution is 2.28. The maximum Gasteiger partial charge on any atom is 0.434 e. The van der Waals surface area contributed by atoms with Gasteiger partial charge in [0, 0.05) is 43.8 Å². The molecule has 2 aromatic rings.